The van der Waals surface area contributed by atoms with Crippen LogP contribution in [0.25, 0.3) is 0 Å². The number of benzene rings is 3. The third kappa shape index (κ3) is 12.7. The highest BCUT2D eigenvalue weighted by Gasteiger charge is 2.44. The number of hydrogen-bond donors (Lipinski definition) is 1. The van der Waals surface area contributed by atoms with Crippen LogP contribution in [0.5, 0.6) is 0 Å². The zero-order valence-electron chi connectivity index (χ0n) is 22.6. The summed E-state index contributed by atoms with van der Waals surface area (Å²) in [5.41, 5.74) is -4.05. The number of unbranched alkanes of at least 4 members (excludes halogenated alkanes) is 9. The second kappa shape index (κ2) is 17.5. The van der Waals surface area contributed by atoms with Gasteiger partial charge in [0.1, 0.15) is 0 Å². The molecular weight excluding hydrogens is 540 g/mol. The predicted molar refractivity (Wildman–Crippen MR) is 158 cm³/mol. The smallest absolute Gasteiger partial charge is 0.279 e. The largest absolute Gasteiger partial charge is 0.522 e. The van der Waals surface area contributed by atoms with Crippen molar-refractivity contribution in [3.05, 3.63) is 90.5 Å². The van der Waals surface area contributed by atoms with Gasteiger partial charge in [-0.3, -0.25) is 4.55 Å². The van der Waals surface area contributed by atoms with Gasteiger partial charge in [-0.05, 0) is 42.2 Å². The van der Waals surface area contributed by atoms with Gasteiger partial charge in [0.25, 0.3) is 0 Å². The van der Waals surface area contributed by atoms with Crippen LogP contribution in [-0.4, -0.2) is 18.5 Å². The van der Waals surface area contributed by atoms with E-state index in [1.165, 1.54) is 92.1 Å². The maximum absolute atomic E-state index is 10.7. The van der Waals surface area contributed by atoms with Crippen LogP contribution in [-0.2, 0) is 16.5 Å². The Morgan fingerprint density at radius 3 is 1.36 bits per heavy atom. The van der Waals surface area contributed by atoms with Gasteiger partial charge >= 0.3 is 15.6 Å². The highest BCUT2D eigenvalue weighted by Crippen LogP contribution is 2.32. The molecule has 214 valence electrons. The first kappa shape index (κ1) is 33.0. The minimum atomic E-state index is -5.84. The van der Waals surface area contributed by atoms with Crippen LogP contribution in [0.1, 0.15) is 76.7 Å². The second-order valence-corrected chi connectivity index (χ2v) is 13.2. The zero-order chi connectivity index (χ0) is 28.6. The second-order valence-electron chi connectivity index (χ2n) is 9.53. The molecule has 0 heterocycles. The maximum Gasteiger partial charge on any atom is 0.522 e. The van der Waals surface area contributed by atoms with E-state index in [1.807, 2.05) is 0 Å². The van der Waals surface area contributed by atoms with Crippen LogP contribution in [0.15, 0.2) is 84.9 Å². The predicted octanol–water partition coefficient (Wildman–Crippen LogP) is 8.30. The van der Waals surface area contributed by atoms with Crippen molar-refractivity contribution in [1.82, 2.24) is 0 Å². The molecule has 0 saturated heterocycles. The standard InChI is InChI=1S/C30H39P.CHF3O3S/c1-2-3-4-5-6-7-8-9-10-13-18-27-23-25-30(26-24-27)31(28-19-14-11-15-20-28)29-21-16-12-17-22-29;2-1(3,4)8(5,6)7/h11-12,14-17,19-26H,2-10,13,18H2,1H3;(H,5,6,7). The number of aryl methyl sites for hydroxylation is 1. The van der Waals surface area contributed by atoms with Crippen molar-refractivity contribution in [2.75, 3.05) is 0 Å². The minimum Gasteiger partial charge on any atom is -0.279 e. The Balaban J connectivity index is 0.000000580. The molecule has 3 rings (SSSR count). The third-order valence-electron chi connectivity index (χ3n) is 6.33. The van der Waals surface area contributed by atoms with Gasteiger partial charge in [0.15, 0.2) is 0 Å². The van der Waals surface area contributed by atoms with E-state index in [-0.39, 0.29) is 0 Å². The third-order valence-corrected chi connectivity index (χ3v) is 9.36. The molecular formula is C31H40F3O3PS. The first-order chi connectivity index (χ1) is 18.6. The molecule has 8 heteroatoms. The molecule has 0 atom stereocenters. The molecule has 0 amide bonds. The van der Waals surface area contributed by atoms with Gasteiger partial charge in [-0.2, -0.15) is 21.6 Å². The Hall–Kier alpha value is -2.21. The van der Waals surface area contributed by atoms with Crippen LogP contribution in [0.3, 0.4) is 0 Å². The fourth-order valence-corrected chi connectivity index (χ4v) is 6.51. The molecule has 0 bridgehead atoms. The molecule has 0 aliphatic heterocycles. The SMILES string of the molecule is CCCCCCCCCCCCc1ccc(P(c2ccccc2)c2ccccc2)cc1.O=S(=O)(O)C(F)(F)F. The van der Waals surface area contributed by atoms with Gasteiger partial charge in [-0.25, -0.2) is 0 Å². The lowest BCUT2D eigenvalue weighted by Gasteiger charge is -2.19. The number of alkyl halides is 3. The molecule has 0 aromatic heterocycles. The molecule has 3 nitrogen and oxygen atoms in total. The highest BCUT2D eigenvalue weighted by molar-refractivity contribution is 7.86. The number of rotatable bonds is 14. The molecule has 3 aromatic rings. The van der Waals surface area contributed by atoms with E-state index in [0.29, 0.717) is 0 Å². The molecule has 0 unspecified atom stereocenters. The molecule has 0 aliphatic carbocycles. The molecule has 39 heavy (non-hydrogen) atoms. The quantitative estimate of drug-likeness (QED) is 0.0903. The first-order valence-electron chi connectivity index (χ1n) is 13.7. The zero-order valence-corrected chi connectivity index (χ0v) is 24.3. The topological polar surface area (TPSA) is 54.4 Å². The van der Waals surface area contributed by atoms with Crippen molar-refractivity contribution >= 4 is 34.0 Å². The Morgan fingerprint density at radius 1 is 0.615 bits per heavy atom. The van der Waals surface area contributed by atoms with E-state index in [2.05, 4.69) is 91.9 Å². The summed E-state index contributed by atoms with van der Waals surface area (Å²) in [6.45, 7) is 2.29. The van der Waals surface area contributed by atoms with Gasteiger partial charge in [-0.1, -0.05) is 150 Å². The summed E-state index contributed by atoms with van der Waals surface area (Å²) < 4.78 is 57.5. The normalized spacial score (nSPS) is 11.7. The van der Waals surface area contributed by atoms with Crippen LogP contribution in [0.4, 0.5) is 13.2 Å². The lowest BCUT2D eigenvalue weighted by molar-refractivity contribution is -0.0510. The summed E-state index contributed by atoms with van der Waals surface area (Å²) in [5, 5.41) is 4.29. The number of hydrogen-bond acceptors (Lipinski definition) is 2. The van der Waals surface area contributed by atoms with Gasteiger partial charge in [0.05, 0.1) is 0 Å². The van der Waals surface area contributed by atoms with E-state index < -0.39 is 23.5 Å². The van der Waals surface area contributed by atoms with E-state index >= 15 is 0 Å². The van der Waals surface area contributed by atoms with Crippen LogP contribution in [0, 0.1) is 0 Å². The maximum atomic E-state index is 10.7. The summed E-state index contributed by atoms with van der Waals surface area (Å²) in [6.07, 6.45) is 15.2. The van der Waals surface area contributed by atoms with E-state index in [4.69, 9.17) is 13.0 Å². The molecule has 0 radical (unpaired) electrons. The Labute approximate surface area is 233 Å². The monoisotopic (exact) mass is 580 g/mol. The summed E-state index contributed by atoms with van der Waals surface area (Å²) in [5.74, 6) is 0. The Morgan fingerprint density at radius 2 is 0.974 bits per heavy atom. The van der Waals surface area contributed by atoms with Crippen molar-refractivity contribution in [3.8, 4) is 0 Å². The molecule has 1 N–H and O–H groups in total. The minimum absolute atomic E-state index is 0.487. The highest BCUT2D eigenvalue weighted by atomic mass is 32.2. The average Bonchev–Trinajstić information content (AvgIpc) is 2.91. The van der Waals surface area contributed by atoms with E-state index in [9.17, 15) is 13.2 Å². The van der Waals surface area contributed by atoms with Gasteiger partial charge in [-0.15, -0.1) is 0 Å². The molecule has 0 fully saturated rings. The summed E-state index contributed by atoms with van der Waals surface area (Å²) in [6, 6.07) is 31.4. The molecule has 0 saturated carbocycles. The van der Waals surface area contributed by atoms with Crippen molar-refractivity contribution in [2.24, 2.45) is 0 Å². The lowest BCUT2D eigenvalue weighted by atomic mass is 10.0. The lowest BCUT2D eigenvalue weighted by Crippen LogP contribution is -2.21. The average molecular weight is 581 g/mol. The van der Waals surface area contributed by atoms with Crippen LogP contribution >= 0.6 is 7.92 Å². The molecule has 3 aromatic carbocycles. The summed E-state index contributed by atoms with van der Waals surface area (Å²) in [7, 11) is -6.33. The van der Waals surface area contributed by atoms with Gasteiger partial charge < -0.3 is 0 Å². The molecule has 0 aliphatic rings. The summed E-state index contributed by atoms with van der Waals surface area (Å²) in [4.78, 5) is 0. The van der Waals surface area contributed by atoms with Gasteiger partial charge in [0, 0.05) is 0 Å². The fourth-order valence-electron chi connectivity index (χ4n) is 4.23. The first-order valence-corrected chi connectivity index (χ1v) is 16.4. The van der Waals surface area contributed by atoms with Crippen molar-refractivity contribution in [3.63, 3.8) is 0 Å². The number of halogens is 3. The van der Waals surface area contributed by atoms with Crippen molar-refractivity contribution < 1.29 is 26.1 Å². The van der Waals surface area contributed by atoms with E-state index in [1.54, 1.807) is 0 Å². The van der Waals surface area contributed by atoms with Crippen molar-refractivity contribution in [2.45, 2.75) is 83.1 Å². The van der Waals surface area contributed by atoms with E-state index in [0.717, 1.165) is 0 Å². The fraction of sp³-hybridized carbons (Fsp3) is 0.419. The molecule has 0 spiro atoms. The van der Waals surface area contributed by atoms with Crippen LogP contribution < -0.4 is 15.9 Å². The van der Waals surface area contributed by atoms with Gasteiger partial charge in [0.2, 0.25) is 0 Å². The Kier molecular flexibility index (Phi) is 14.8. The van der Waals surface area contributed by atoms with Crippen LogP contribution in [0.2, 0.25) is 0 Å². The summed E-state index contributed by atoms with van der Waals surface area (Å²) >= 11 is 0. The van der Waals surface area contributed by atoms with Crippen molar-refractivity contribution in [1.29, 1.82) is 0 Å². The Bertz CT molecular complexity index is 1110.